The maximum Gasteiger partial charge on any atom is 0.320 e. The van der Waals surface area contributed by atoms with Crippen molar-refractivity contribution in [3.63, 3.8) is 0 Å². The van der Waals surface area contributed by atoms with Crippen molar-refractivity contribution in [1.82, 2.24) is 4.90 Å². The Bertz CT molecular complexity index is 418. The summed E-state index contributed by atoms with van der Waals surface area (Å²) in [6, 6.07) is 5.48. The van der Waals surface area contributed by atoms with Crippen LogP contribution in [0.5, 0.6) is 5.75 Å². The van der Waals surface area contributed by atoms with Gasteiger partial charge in [0.15, 0.2) is 0 Å². The second-order valence-electron chi connectivity index (χ2n) is 4.48. The van der Waals surface area contributed by atoms with Gasteiger partial charge in [0.25, 0.3) is 0 Å². The van der Waals surface area contributed by atoms with Gasteiger partial charge in [-0.05, 0) is 37.6 Å². The van der Waals surface area contributed by atoms with Crippen LogP contribution in [0.1, 0.15) is 24.5 Å². The van der Waals surface area contributed by atoms with Crippen molar-refractivity contribution in [2.75, 3.05) is 14.2 Å². The van der Waals surface area contributed by atoms with Gasteiger partial charge in [-0.15, -0.1) is 0 Å². The van der Waals surface area contributed by atoms with E-state index in [-0.39, 0.29) is 0 Å². The molecule has 1 aromatic carbocycles. The number of likely N-dealkylation sites (N-methyl/N-ethyl adjacent to an activating group) is 1. The largest absolute Gasteiger partial charge is 0.496 e. The predicted molar refractivity (Wildman–Crippen MR) is 70.9 cm³/mol. The zero-order valence-corrected chi connectivity index (χ0v) is 11.4. The average Bonchev–Trinajstić information content (AvgIpc) is 2.29. The molecule has 0 bridgehead atoms. The number of carbonyl (C=O) groups is 1. The second-order valence-corrected chi connectivity index (χ2v) is 4.48. The van der Waals surface area contributed by atoms with Crippen LogP contribution in [0.15, 0.2) is 18.2 Å². The molecule has 1 unspecified atom stereocenters. The lowest BCUT2D eigenvalue weighted by atomic mass is 10.1. The van der Waals surface area contributed by atoms with Gasteiger partial charge in [0.1, 0.15) is 11.8 Å². The van der Waals surface area contributed by atoms with E-state index in [4.69, 9.17) is 9.84 Å². The molecule has 0 radical (unpaired) electrons. The molecule has 18 heavy (non-hydrogen) atoms. The molecular formula is C14H21NO3. The summed E-state index contributed by atoms with van der Waals surface area (Å²) in [6.45, 7) is 4.49. The van der Waals surface area contributed by atoms with Crippen LogP contribution in [-0.2, 0) is 11.3 Å². The van der Waals surface area contributed by atoms with Gasteiger partial charge in [-0.2, -0.15) is 0 Å². The highest BCUT2D eigenvalue weighted by atomic mass is 16.5. The predicted octanol–water partition coefficient (Wildman–Crippen LogP) is 2.30. The summed E-state index contributed by atoms with van der Waals surface area (Å²) in [4.78, 5) is 12.9. The maximum absolute atomic E-state index is 11.1. The number of ether oxygens (including phenoxy) is 1. The molecule has 1 N–H and O–H groups in total. The first kappa shape index (κ1) is 14.5. The molecule has 0 aliphatic rings. The Morgan fingerprint density at radius 1 is 1.50 bits per heavy atom. The van der Waals surface area contributed by atoms with Crippen molar-refractivity contribution in [3.8, 4) is 5.75 Å². The second kappa shape index (κ2) is 6.40. The minimum Gasteiger partial charge on any atom is -0.496 e. The summed E-state index contributed by atoms with van der Waals surface area (Å²) < 4.78 is 5.20. The number of nitrogens with zero attached hydrogens (tertiary/aromatic N) is 1. The molecule has 0 aliphatic carbocycles. The highest BCUT2D eigenvalue weighted by Crippen LogP contribution is 2.19. The molecular weight excluding hydrogens is 230 g/mol. The third-order valence-corrected chi connectivity index (χ3v) is 3.10. The number of aryl methyl sites for hydroxylation is 1. The SMILES string of the molecule is CCC(C(=O)O)N(C)Cc1ccc(OC)c(C)c1. The van der Waals surface area contributed by atoms with E-state index >= 15 is 0 Å². The number of aliphatic carboxylic acids is 1. The monoisotopic (exact) mass is 251 g/mol. The first-order valence-electron chi connectivity index (χ1n) is 6.06. The molecule has 1 atom stereocenters. The van der Waals surface area contributed by atoms with E-state index in [0.717, 1.165) is 16.9 Å². The molecule has 4 nitrogen and oxygen atoms in total. The lowest BCUT2D eigenvalue weighted by Gasteiger charge is -2.23. The van der Waals surface area contributed by atoms with Crippen LogP contribution in [0.3, 0.4) is 0 Å². The van der Waals surface area contributed by atoms with E-state index < -0.39 is 12.0 Å². The first-order valence-corrected chi connectivity index (χ1v) is 6.06. The number of rotatable bonds is 6. The number of hydrogen-bond acceptors (Lipinski definition) is 3. The summed E-state index contributed by atoms with van der Waals surface area (Å²) in [5.74, 6) is 0.0805. The number of carboxylic acid groups (broad SMARTS) is 1. The summed E-state index contributed by atoms with van der Waals surface area (Å²) >= 11 is 0. The fraction of sp³-hybridized carbons (Fsp3) is 0.500. The Kier molecular flexibility index (Phi) is 5.16. The molecule has 0 aliphatic heterocycles. The Morgan fingerprint density at radius 3 is 2.61 bits per heavy atom. The molecule has 100 valence electrons. The summed E-state index contributed by atoms with van der Waals surface area (Å²) in [6.07, 6.45) is 0.598. The van der Waals surface area contributed by atoms with Gasteiger partial charge in [-0.3, -0.25) is 9.69 Å². The zero-order valence-electron chi connectivity index (χ0n) is 11.4. The third kappa shape index (κ3) is 3.47. The Morgan fingerprint density at radius 2 is 2.17 bits per heavy atom. The van der Waals surface area contributed by atoms with E-state index in [2.05, 4.69) is 0 Å². The van der Waals surface area contributed by atoms with E-state index in [9.17, 15) is 4.79 Å². The van der Waals surface area contributed by atoms with Crippen molar-refractivity contribution in [3.05, 3.63) is 29.3 Å². The van der Waals surface area contributed by atoms with Gasteiger partial charge < -0.3 is 9.84 Å². The number of benzene rings is 1. The first-order chi connectivity index (χ1) is 8.49. The van der Waals surface area contributed by atoms with Crippen molar-refractivity contribution >= 4 is 5.97 Å². The van der Waals surface area contributed by atoms with Crippen LogP contribution >= 0.6 is 0 Å². The molecule has 0 aromatic heterocycles. The fourth-order valence-corrected chi connectivity index (χ4v) is 2.11. The smallest absolute Gasteiger partial charge is 0.320 e. The van der Waals surface area contributed by atoms with E-state index in [1.807, 2.05) is 44.0 Å². The Hall–Kier alpha value is -1.55. The van der Waals surface area contributed by atoms with Gasteiger partial charge in [0.05, 0.1) is 7.11 Å². The summed E-state index contributed by atoms with van der Waals surface area (Å²) in [5.41, 5.74) is 2.15. The van der Waals surface area contributed by atoms with Crippen LogP contribution in [0.25, 0.3) is 0 Å². The molecule has 0 saturated carbocycles. The topological polar surface area (TPSA) is 49.8 Å². The highest BCUT2D eigenvalue weighted by Gasteiger charge is 2.20. The van der Waals surface area contributed by atoms with Crippen LogP contribution in [0.4, 0.5) is 0 Å². The Balaban J connectivity index is 2.78. The van der Waals surface area contributed by atoms with Gasteiger partial charge >= 0.3 is 5.97 Å². The molecule has 4 heteroatoms. The van der Waals surface area contributed by atoms with Gasteiger partial charge in [-0.25, -0.2) is 0 Å². The van der Waals surface area contributed by atoms with Crippen LogP contribution in [0.2, 0.25) is 0 Å². The highest BCUT2D eigenvalue weighted by molar-refractivity contribution is 5.73. The van der Waals surface area contributed by atoms with Crippen LogP contribution < -0.4 is 4.74 Å². The van der Waals surface area contributed by atoms with Gasteiger partial charge in [0.2, 0.25) is 0 Å². The third-order valence-electron chi connectivity index (χ3n) is 3.10. The quantitative estimate of drug-likeness (QED) is 0.843. The molecule has 0 spiro atoms. The zero-order chi connectivity index (χ0) is 13.7. The minimum atomic E-state index is -0.773. The minimum absolute atomic E-state index is 0.438. The van der Waals surface area contributed by atoms with Crippen molar-refractivity contribution in [2.45, 2.75) is 32.9 Å². The number of methoxy groups -OCH3 is 1. The lowest BCUT2D eigenvalue weighted by Crippen LogP contribution is -2.37. The average molecular weight is 251 g/mol. The van der Waals surface area contributed by atoms with E-state index in [0.29, 0.717) is 13.0 Å². The van der Waals surface area contributed by atoms with E-state index in [1.54, 1.807) is 7.11 Å². The van der Waals surface area contributed by atoms with Crippen molar-refractivity contribution < 1.29 is 14.6 Å². The van der Waals surface area contributed by atoms with Crippen LogP contribution in [-0.4, -0.2) is 36.2 Å². The Labute approximate surface area is 108 Å². The molecule has 1 aromatic rings. The summed E-state index contributed by atoms with van der Waals surface area (Å²) in [7, 11) is 3.48. The lowest BCUT2D eigenvalue weighted by molar-refractivity contribution is -0.143. The number of hydrogen-bond donors (Lipinski definition) is 1. The molecule has 0 amide bonds. The van der Waals surface area contributed by atoms with Crippen LogP contribution in [0, 0.1) is 6.92 Å². The van der Waals surface area contributed by atoms with Crippen molar-refractivity contribution in [1.29, 1.82) is 0 Å². The molecule has 0 heterocycles. The number of carboxylic acids is 1. The van der Waals surface area contributed by atoms with Gasteiger partial charge in [0, 0.05) is 6.54 Å². The normalized spacial score (nSPS) is 12.5. The fourth-order valence-electron chi connectivity index (χ4n) is 2.11. The standard InChI is InChI=1S/C14H21NO3/c1-5-12(14(16)17)15(3)9-11-6-7-13(18-4)10(2)8-11/h6-8,12H,5,9H2,1-4H3,(H,16,17). The molecule has 0 saturated heterocycles. The molecule has 1 rings (SSSR count). The van der Waals surface area contributed by atoms with E-state index in [1.165, 1.54) is 0 Å². The maximum atomic E-state index is 11.1. The summed E-state index contributed by atoms with van der Waals surface area (Å²) in [5, 5.41) is 9.10. The van der Waals surface area contributed by atoms with Crippen molar-refractivity contribution in [2.24, 2.45) is 0 Å². The molecule has 0 fully saturated rings. The van der Waals surface area contributed by atoms with Gasteiger partial charge in [-0.1, -0.05) is 19.1 Å².